The molecule has 0 saturated carbocycles. The van der Waals surface area contributed by atoms with Crippen molar-refractivity contribution < 1.29 is 134 Å². The summed E-state index contributed by atoms with van der Waals surface area (Å²) in [5.74, 6) is -1.04. The molecule has 1 heterocycles. The molecule has 572 valence electrons. The number of aliphatic hydroxyl groups excluding tert-OH is 2. The normalized spacial score (nSPS) is 12.0. The molecular weight excluding hydrogens is 1320 g/mol. The van der Waals surface area contributed by atoms with Gasteiger partial charge in [0.2, 0.25) is 0 Å². The number of ether oxygens (including phenoxy) is 21. The van der Waals surface area contributed by atoms with Gasteiger partial charge in [-0.2, -0.15) is 0 Å². The summed E-state index contributed by atoms with van der Waals surface area (Å²) in [4.78, 5) is 54.1. The maximum Gasteiger partial charge on any atom is 0.308 e. The summed E-state index contributed by atoms with van der Waals surface area (Å²) < 4.78 is 108. The molecule has 29 nitrogen and oxygen atoms in total. The Morgan fingerprint density at radius 2 is 0.589 bits per heavy atom. The minimum atomic E-state index is -0.245. The molecule has 30 heteroatoms. The molecular formula is C65H132BrNO28. The molecule has 0 bridgehead atoms. The maximum absolute atomic E-state index is 11.0. The first-order valence-electron chi connectivity index (χ1n) is 33.9. The summed E-state index contributed by atoms with van der Waals surface area (Å²) in [6.07, 6.45) is 9.19. The fraction of sp³-hybridized carbons (Fsp3) is 0.923. The second-order valence-corrected chi connectivity index (χ2v) is 19.3. The summed E-state index contributed by atoms with van der Waals surface area (Å²) in [5, 5.41) is 17.6. The molecule has 1 fully saturated rings. The predicted molar refractivity (Wildman–Crippen MR) is 361 cm³/mol. The van der Waals surface area contributed by atoms with Gasteiger partial charge in [0.15, 0.2) is 6.29 Å². The Hall–Kier alpha value is -2.93. The minimum Gasteiger partial charge on any atom is -0.466 e. The third-order valence-corrected chi connectivity index (χ3v) is 10.9. The van der Waals surface area contributed by atoms with Crippen molar-refractivity contribution in [1.29, 1.82) is 0 Å². The van der Waals surface area contributed by atoms with Gasteiger partial charge in [-0.05, 0) is 80.2 Å². The van der Waals surface area contributed by atoms with Gasteiger partial charge in [-0.3, -0.25) is 24.0 Å². The van der Waals surface area contributed by atoms with Crippen LogP contribution in [0.2, 0.25) is 0 Å². The van der Waals surface area contributed by atoms with Gasteiger partial charge in [-0.15, -0.1) is 0 Å². The lowest BCUT2D eigenvalue weighted by Crippen LogP contribution is -2.24. The standard InChI is InChI=1S/C13H26O5.2C12H24O5.C11H22O6.C11H22O5.C5H9BrO2.CH5N/c1-3-5-7-15-9-11-17-12-10-16-8-6-13(14)18-4-2;2*1-3-6-14-8-10-16-11-9-15-7-5-12(13)17-4-2;1-2-17-11(13)3-5-14-7-9-16-10-8-15-6-4-12;12-4-6-13-7-8-14-9-10-16-11-3-1-2-5-15-11;1-2-8-5(7)3-4-6;1-2/h3-12H2,1-2H3;2*3-11H2,1-2H3;12H,2-10H2,1H3;11-12H,1-10H2;2-4H2,1H3;2H2,1H3. The molecule has 0 spiro atoms. The number of rotatable bonds is 61. The molecule has 0 amide bonds. The van der Waals surface area contributed by atoms with Gasteiger partial charge >= 0.3 is 29.8 Å². The molecule has 1 aliphatic heterocycles. The van der Waals surface area contributed by atoms with Gasteiger partial charge in [0, 0.05) is 31.8 Å². The van der Waals surface area contributed by atoms with E-state index in [-0.39, 0.29) is 55.8 Å². The quantitative estimate of drug-likeness (QED) is 0.0270. The van der Waals surface area contributed by atoms with Crippen molar-refractivity contribution in [3.63, 3.8) is 0 Å². The first-order chi connectivity index (χ1) is 46.5. The monoisotopic (exact) mass is 1450 g/mol. The zero-order chi connectivity index (χ0) is 71.7. The third kappa shape index (κ3) is 107. The van der Waals surface area contributed by atoms with Crippen LogP contribution in [0, 0.1) is 0 Å². The number of esters is 5. The second-order valence-electron chi connectivity index (χ2n) is 18.5. The number of halogens is 1. The van der Waals surface area contributed by atoms with Crippen LogP contribution >= 0.6 is 15.9 Å². The van der Waals surface area contributed by atoms with Crippen LogP contribution in [0.1, 0.15) is 132 Å². The minimum absolute atomic E-state index is 0.0248. The Balaban J connectivity index is -0.000000251. The number of carbonyl (C=O) groups is 5. The van der Waals surface area contributed by atoms with E-state index in [9.17, 15) is 24.0 Å². The number of nitrogens with two attached hydrogens (primary N) is 1. The second kappa shape index (κ2) is 99.7. The highest BCUT2D eigenvalue weighted by molar-refractivity contribution is 9.09. The molecule has 0 aromatic carbocycles. The van der Waals surface area contributed by atoms with E-state index in [1.54, 1.807) is 34.6 Å². The SMILES string of the molecule is CCCCOCCOCCOCCC(=O)OCC.CCCOCCOCCOCCC(=O)OCC.CCCOCCOCCOCCC(=O)OCC.CCOC(=O)CCBr.CCOC(=O)CCOCCOCCOCCO.CN.OCCOCCOCCOC1CCCCO1. The van der Waals surface area contributed by atoms with Gasteiger partial charge in [0.05, 0.1) is 250 Å². The van der Waals surface area contributed by atoms with Gasteiger partial charge in [0.25, 0.3) is 0 Å². The van der Waals surface area contributed by atoms with Gasteiger partial charge in [-0.1, -0.05) is 43.1 Å². The molecule has 0 aromatic heterocycles. The maximum atomic E-state index is 11.0. The van der Waals surface area contributed by atoms with Gasteiger partial charge in [0.1, 0.15) is 0 Å². The zero-order valence-corrected chi connectivity index (χ0v) is 61.5. The number of hydrogen-bond acceptors (Lipinski definition) is 29. The Morgan fingerprint density at radius 1 is 0.337 bits per heavy atom. The number of carbonyl (C=O) groups excluding carboxylic acids is 5. The molecule has 0 radical (unpaired) electrons. The zero-order valence-electron chi connectivity index (χ0n) is 59.9. The number of hydrogen-bond donors (Lipinski definition) is 3. The van der Waals surface area contributed by atoms with E-state index in [2.05, 4.69) is 47.2 Å². The molecule has 1 saturated heterocycles. The van der Waals surface area contributed by atoms with Crippen LogP contribution < -0.4 is 5.73 Å². The van der Waals surface area contributed by atoms with Crippen molar-refractivity contribution in [2.24, 2.45) is 5.73 Å². The van der Waals surface area contributed by atoms with E-state index in [0.717, 1.165) is 65.0 Å². The Bertz CT molecular complexity index is 1370. The van der Waals surface area contributed by atoms with Crippen molar-refractivity contribution in [3.05, 3.63) is 0 Å². The Labute approximate surface area is 578 Å². The van der Waals surface area contributed by atoms with Crippen molar-refractivity contribution in [3.8, 4) is 0 Å². The number of unbranched alkanes of at least 4 members (excludes halogenated alkanes) is 1. The van der Waals surface area contributed by atoms with Crippen LogP contribution in [-0.4, -0.2) is 303 Å². The summed E-state index contributed by atoms with van der Waals surface area (Å²) in [5.41, 5.74) is 4.50. The highest BCUT2D eigenvalue weighted by Crippen LogP contribution is 2.13. The lowest BCUT2D eigenvalue weighted by atomic mass is 10.2. The first kappa shape index (κ1) is 103. The molecule has 1 atom stereocenters. The van der Waals surface area contributed by atoms with Crippen molar-refractivity contribution >= 4 is 45.8 Å². The van der Waals surface area contributed by atoms with E-state index in [1.165, 1.54) is 13.5 Å². The van der Waals surface area contributed by atoms with E-state index in [1.807, 2.05) is 0 Å². The summed E-state index contributed by atoms with van der Waals surface area (Å²) in [7, 11) is 1.50. The predicted octanol–water partition coefficient (Wildman–Crippen LogP) is 6.03. The highest BCUT2D eigenvalue weighted by atomic mass is 79.9. The average Bonchev–Trinajstić information content (AvgIpc) is 3.42. The smallest absolute Gasteiger partial charge is 0.308 e. The summed E-state index contributed by atoms with van der Waals surface area (Å²) in [6, 6.07) is 0. The number of aliphatic hydroxyl groups is 2. The van der Waals surface area contributed by atoms with Gasteiger partial charge in [-0.25, -0.2) is 0 Å². The van der Waals surface area contributed by atoms with Crippen LogP contribution in [0.4, 0.5) is 0 Å². The van der Waals surface area contributed by atoms with E-state index < -0.39 is 0 Å². The van der Waals surface area contributed by atoms with Crippen molar-refractivity contribution in [2.75, 3.05) is 257 Å². The fourth-order valence-corrected chi connectivity index (χ4v) is 6.42. The van der Waals surface area contributed by atoms with Crippen LogP contribution in [-0.2, 0) is 123 Å². The van der Waals surface area contributed by atoms with Crippen molar-refractivity contribution in [2.45, 2.75) is 139 Å². The summed E-state index contributed by atoms with van der Waals surface area (Å²) >= 11 is 3.12. The van der Waals surface area contributed by atoms with Crippen LogP contribution in [0.5, 0.6) is 0 Å². The van der Waals surface area contributed by atoms with Gasteiger partial charge < -0.3 is 115 Å². The third-order valence-electron chi connectivity index (χ3n) is 10.5. The van der Waals surface area contributed by atoms with E-state index >= 15 is 0 Å². The topological polar surface area (TPSA) is 346 Å². The van der Waals surface area contributed by atoms with E-state index in [0.29, 0.717) is 236 Å². The lowest BCUT2D eigenvalue weighted by molar-refractivity contribution is -0.169. The fourth-order valence-electron chi connectivity index (χ4n) is 6.10. The molecule has 95 heavy (non-hydrogen) atoms. The van der Waals surface area contributed by atoms with Crippen LogP contribution in [0.3, 0.4) is 0 Å². The molecule has 0 aliphatic carbocycles. The summed E-state index contributed by atoms with van der Waals surface area (Å²) in [6.45, 7) is 33.5. The molecule has 1 aliphatic rings. The van der Waals surface area contributed by atoms with Crippen molar-refractivity contribution in [1.82, 2.24) is 0 Å². The molecule has 1 unspecified atom stereocenters. The Kier molecular flexibility index (Phi) is 108. The number of alkyl halides is 1. The molecule has 1 rings (SSSR count). The average molecular weight is 1460 g/mol. The van der Waals surface area contributed by atoms with E-state index in [4.69, 9.17) is 105 Å². The highest BCUT2D eigenvalue weighted by Gasteiger charge is 2.13. The van der Waals surface area contributed by atoms with Crippen LogP contribution in [0.25, 0.3) is 0 Å². The molecule has 0 aromatic rings. The lowest BCUT2D eigenvalue weighted by Gasteiger charge is -2.22. The Morgan fingerprint density at radius 3 is 0.832 bits per heavy atom. The first-order valence-corrected chi connectivity index (χ1v) is 35.0. The largest absolute Gasteiger partial charge is 0.466 e. The molecule has 4 N–H and O–H groups in total. The van der Waals surface area contributed by atoms with Crippen LogP contribution in [0.15, 0.2) is 0 Å².